The fourth-order valence-electron chi connectivity index (χ4n) is 17.9. The fourth-order valence-corrected chi connectivity index (χ4v) is 20.4. The third-order valence-corrected chi connectivity index (χ3v) is 28.5. The Hall–Kier alpha value is -10.9. The molecule has 13 amide bonds. The highest BCUT2D eigenvalue weighted by Crippen LogP contribution is 2.53. The number of hydrogen-bond donors (Lipinski definition) is 16. The second-order valence-corrected chi connectivity index (χ2v) is 39.5. The number of carbonyl (C=O) groups excluding carboxylic acids is 19. The van der Waals surface area contributed by atoms with Crippen molar-refractivity contribution in [3.63, 3.8) is 0 Å². The SMILES string of the molecule is CCCCC(NC(=O)[C@@H]1CCCN1C(=O)CCC(=O)[C@H](CCCCN)NC(=O)[C@@H]1CSSC[C@H](NC(=O)[C@@H]2CCCN2C(=O)[C@H](CCCN=C(N)N)NC(=O)[C@H](CCC(N)=O)CC(=O)[C@H](CO)NC(=O)CCC(=O)CNC(=O)CCC(=O)CNC(=O)[C@@H](C)CCCCn2nnc3c2CC[C@H]2[C@@H](CC3)[C@H]2COC(=O)NC)C(=O)C[C@@H](CC(C)C)C(=O)N[C@@H](CO)C(=O)C1)C(=O)NCCc1ccccc1. The summed E-state index contributed by atoms with van der Waals surface area (Å²) in [6, 6.07) is -0.673. The molecule has 42 nitrogen and oxygen atoms in total. The molecule has 20 N–H and O–H groups in total. The Bertz CT molecular complexity index is 4500. The lowest BCUT2D eigenvalue weighted by atomic mass is 9.89. The van der Waals surface area contributed by atoms with E-state index in [0.717, 1.165) is 77.1 Å². The molecule has 766 valence electrons. The molecular formula is C94H146N20O22S2. The molecule has 4 heterocycles. The molecule has 1 aromatic heterocycles. The number of rotatable bonds is 57. The number of carbonyl (C=O) groups is 19. The Morgan fingerprint density at radius 1 is 0.630 bits per heavy atom. The lowest BCUT2D eigenvalue weighted by Crippen LogP contribution is -2.56. The molecule has 138 heavy (non-hydrogen) atoms. The number of aryl methyl sites for hydroxylation is 2. The van der Waals surface area contributed by atoms with Gasteiger partial charge in [-0.05, 0) is 158 Å². The third-order valence-electron chi connectivity index (χ3n) is 26.0. The van der Waals surface area contributed by atoms with Gasteiger partial charge in [0.05, 0.1) is 62.3 Å². The summed E-state index contributed by atoms with van der Waals surface area (Å²) in [6.07, 6.45) is 4.73. The summed E-state index contributed by atoms with van der Waals surface area (Å²) in [6.45, 7) is 6.35. The lowest BCUT2D eigenvalue weighted by molar-refractivity contribution is -0.143. The quantitative estimate of drug-likeness (QED) is 0.0186. The minimum Gasteiger partial charge on any atom is -0.449 e. The number of Topliss-reactive ketones (excluding diaryl/α,β-unsaturated/α-hetero) is 6. The number of nitrogens with one attached hydrogen (secondary N) is 10. The van der Waals surface area contributed by atoms with Crippen LogP contribution in [0, 0.1) is 47.3 Å². The summed E-state index contributed by atoms with van der Waals surface area (Å²) in [5, 5.41) is 56.5. The van der Waals surface area contributed by atoms with Gasteiger partial charge in [-0.25, -0.2) is 9.48 Å². The first-order valence-electron chi connectivity index (χ1n) is 48.7. The molecule has 2 aromatic rings. The van der Waals surface area contributed by atoms with Gasteiger partial charge in [-0.15, -0.1) is 5.10 Å². The predicted octanol–water partition coefficient (Wildman–Crippen LogP) is 0.502. The molecule has 2 aliphatic carbocycles. The number of aliphatic hydroxyl groups is 2. The number of ketones is 6. The lowest BCUT2D eigenvalue weighted by Gasteiger charge is -2.31. The molecule has 3 aliphatic heterocycles. The highest BCUT2D eigenvalue weighted by Gasteiger charge is 2.51. The number of guanidine groups is 1. The zero-order valence-corrected chi connectivity index (χ0v) is 81.9. The highest BCUT2D eigenvalue weighted by atomic mass is 33.1. The van der Waals surface area contributed by atoms with Crippen molar-refractivity contribution in [2.24, 2.45) is 75.3 Å². The van der Waals surface area contributed by atoms with Crippen molar-refractivity contribution < 1.29 is 106 Å². The van der Waals surface area contributed by atoms with E-state index in [9.17, 15) is 96.5 Å². The van der Waals surface area contributed by atoms with E-state index in [1.165, 1.54) is 16.8 Å². The number of likely N-dealkylation sites (tertiary alicyclic amines) is 2. The van der Waals surface area contributed by atoms with Crippen LogP contribution in [0.25, 0.3) is 0 Å². The Kier molecular flexibility index (Phi) is 49.8. The number of primary amides is 1. The molecule has 0 spiro atoms. The average Bonchev–Trinajstić information content (AvgIpc) is 1.61. The Labute approximate surface area is 813 Å². The predicted molar refractivity (Wildman–Crippen MR) is 512 cm³/mol. The smallest absolute Gasteiger partial charge is 0.406 e. The number of unbranched alkanes of at least 4 members (excludes halogenated alkanes) is 3. The molecule has 4 fully saturated rings. The van der Waals surface area contributed by atoms with Crippen LogP contribution >= 0.6 is 21.6 Å². The zero-order valence-electron chi connectivity index (χ0n) is 80.3. The summed E-state index contributed by atoms with van der Waals surface area (Å²) < 4.78 is 7.27. The number of alkyl carbamates (subject to hydrolysis) is 1. The van der Waals surface area contributed by atoms with Crippen molar-refractivity contribution in [3.8, 4) is 0 Å². The number of nitrogens with zero attached hydrogens (tertiary/aromatic N) is 6. The number of amides is 13. The van der Waals surface area contributed by atoms with Gasteiger partial charge in [-0.1, -0.05) is 104 Å². The number of aliphatic hydroxyl groups excluding tert-OH is 2. The number of ether oxygens (including phenoxy) is 1. The third kappa shape index (κ3) is 38.7. The van der Waals surface area contributed by atoms with E-state index in [-0.39, 0.29) is 139 Å². The van der Waals surface area contributed by atoms with Crippen LogP contribution in [0.2, 0.25) is 0 Å². The van der Waals surface area contributed by atoms with Crippen LogP contribution in [0.15, 0.2) is 35.3 Å². The molecule has 15 atom stereocenters. The van der Waals surface area contributed by atoms with Crippen molar-refractivity contribution in [1.82, 2.24) is 78.0 Å². The van der Waals surface area contributed by atoms with Crippen molar-refractivity contribution in [2.45, 2.75) is 288 Å². The van der Waals surface area contributed by atoms with Crippen LogP contribution in [-0.4, -0.2) is 285 Å². The topological polar surface area (TPSA) is 648 Å². The molecule has 3 saturated heterocycles. The van der Waals surface area contributed by atoms with Crippen molar-refractivity contribution >= 4 is 139 Å². The number of hydrogen-bond acceptors (Lipinski definition) is 28. The van der Waals surface area contributed by atoms with E-state index in [0.29, 0.717) is 95.2 Å². The monoisotopic (exact) mass is 1970 g/mol. The first-order chi connectivity index (χ1) is 66.1. The van der Waals surface area contributed by atoms with E-state index >= 15 is 4.79 Å². The van der Waals surface area contributed by atoms with Gasteiger partial charge in [0, 0.05) is 133 Å². The number of benzene rings is 1. The molecule has 7 rings (SSSR count). The zero-order chi connectivity index (χ0) is 101. The summed E-state index contributed by atoms with van der Waals surface area (Å²) in [4.78, 5) is 267. The van der Waals surface area contributed by atoms with Gasteiger partial charge in [0.15, 0.2) is 40.7 Å². The van der Waals surface area contributed by atoms with Crippen LogP contribution < -0.4 is 76.1 Å². The van der Waals surface area contributed by atoms with Crippen LogP contribution in [0.3, 0.4) is 0 Å². The summed E-state index contributed by atoms with van der Waals surface area (Å²) in [5.41, 5.74) is 25.8. The molecular weight excluding hydrogens is 1830 g/mol. The van der Waals surface area contributed by atoms with Gasteiger partial charge in [0.1, 0.15) is 36.3 Å². The van der Waals surface area contributed by atoms with Crippen molar-refractivity contribution in [3.05, 3.63) is 47.3 Å². The number of nitrogens with two attached hydrogens (primary N) is 4. The van der Waals surface area contributed by atoms with Crippen LogP contribution in [0.5, 0.6) is 0 Å². The fraction of sp³-hybridized carbons (Fsp3) is 0.702. The van der Waals surface area contributed by atoms with Gasteiger partial charge in [-0.3, -0.25) is 91.3 Å². The van der Waals surface area contributed by atoms with Gasteiger partial charge < -0.3 is 101 Å². The van der Waals surface area contributed by atoms with Crippen LogP contribution in [0.4, 0.5) is 4.79 Å². The second-order valence-electron chi connectivity index (χ2n) is 37.0. The normalized spacial score (nSPS) is 20.8. The first-order valence-corrected chi connectivity index (χ1v) is 51.2. The van der Waals surface area contributed by atoms with E-state index < -0.39 is 230 Å². The molecule has 0 radical (unpaired) electrons. The Morgan fingerprint density at radius 2 is 1.29 bits per heavy atom. The highest BCUT2D eigenvalue weighted by molar-refractivity contribution is 8.76. The van der Waals surface area contributed by atoms with E-state index in [1.807, 2.05) is 41.9 Å². The van der Waals surface area contributed by atoms with Gasteiger partial charge in [0.25, 0.3) is 0 Å². The summed E-state index contributed by atoms with van der Waals surface area (Å²) >= 11 is 0. The Morgan fingerprint density at radius 3 is 1.96 bits per heavy atom. The molecule has 1 aromatic carbocycles. The minimum atomic E-state index is -1.66. The maximum Gasteiger partial charge on any atom is 0.406 e. The number of aromatic nitrogens is 3. The maximum absolute atomic E-state index is 15.0. The number of aliphatic imine (C=N–C) groups is 1. The van der Waals surface area contributed by atoms with E-state index in [2.05, 4.69) is 68.5 Å². The average molecular weight is 1970 g/mol. The van der Waals surface area contributed by atoms with Crippen LogP contribution in [-0.2, 0) is 117 Å². The first kappa shape index (κ1) is 114. The van der Waals surface area contributed by atoms with E-state index in [4.69, 9.17) is 27.7 Å². The molecule has 44 heteroatoms. The summed E-state index contributed by atoms with van der Waals surface area (Å²) in [5.74, 6) is -15.7. The summed E-state index contributed by atoms with van der Waals surface area (Å²) in [7, 11) is 3.63. The largest absolute Gasteiger partial charge is 0.449 e. The molecule has 5 aliphatic rings. The van der Waals surface area contributed by atoms with Crippen molar-refractivity contribution in [2.75, 3.05) is 84.2 Å². The second kappa shape index (κ2) is 60.2. The standard InChI is InChI=1S/C94H146N20O22S2/c1-6-7-21-69(89(131)100-41-38-58-19-9-8-10-20-58)106-90(132)75-24-16-42-112(75)84(126)37-33-77(119)68(22-11-13-39-95)105-88(130)61-48-79(121)72(52-116)108-87(129)60(45-56(2)3)47-80(122)73(55-138-137-54-61)109-91(133)76-25-17-43-113(76)92(134)70(23-15-40-101-93(97)98)107-86(128)59(26-34-81(96)123)46-78(120)71(51-115)104-83(125)36-28-62(117)49-102-82(124)35-27-63(118)50-103-85(127)57(4)18-12-14-44-114-74-32-30-65-64(29-31-67(74)110-111-114)66(65)53-136-94(135)99-5/h8-10,19-20,56-57,59-61,64-66,68-73,75-76,115-116H,6-7,11-18,21-55,95H2,1-5H3,(H2,96,123)(H,99,135)(H,100,131)(H,102,124)(H,103,127)(H,104,125)(H,105,130)(H,106,132)(H,107,128)(H,108,129)(H,109,133)(H4,97,98,101)/t57-,59+,60+,61-,64+,65-,66+,68-,69?,70-,71-,72-,73-,75-,76-/m0/s1. The van der Waals surface area contributed by atoms with Gasteiger partial charge in [0.2, 0.25) is 70.9 Å². The van der Waals surface area contributed by atoms with Gasteiger partial charge >= 0.3 is 6.09 Å². The Balaban J connectivity index is 0.910. The van der Waals surface area contributed by atoms with Crippen LogP contribution in [0.1, 0.15) is 231 Å². The molecule has 1 unspecified atom stereocenters. The van der Waals surface area contributed by atoms with E-state index in [1.54, 1.807) is 20.8 Å². The number of fused-ring (bicyclic) bond motifs is 2. The maximum atomic E-state index is 15.0. The minimum absolute atomic E-state index is 0.0433. The van der Waals surface area contributed by atoms with Crippen molar-refractivity contribution in [1.29, 1.82) is 0 Å². The molecule has 0 bridgehead atoms. The molecule has 1 saturated carbocycles. The van der Waals surface area contributed by atoms with Gasteiger partial charge in [-0.2, -0.15) is 0 Å².